The number of nitrogens with one attached hydrogen (secondary N) is 1. The van der Waals surface area contributed by atoms with Gasteiger partial charge in [0, 0.05) is 45.1 Å². The lowest BCUT2D eigenvalue weighted by molar-refractivity contribution is -0.144. The number of carbonyl (C=O) groups excluding carboxylic acids is 2. The Kier molecular flexibility index (Phi) is 5.95. The number of hydrogen-bond donors (Lipinski definition) is 1. The van der Waals surface area contributed by atoms with Crippen molar-refractivity contribution >= 4 is 34.7 Å². The van der Waals surface area contributed by atoms with Crippen molar-refractivity contribution in [3.8, 4) is 0 Å². The molecule has 2 heterocycles. The molecule has 2 aliphatic carbocycles. The summed E-state index contributed by atoms with van der Waals surface area (Å²) in [5.41, 5.74) is 3.74. The lowest BCUT2D eigenvalue weighted by atomic mass is 9.72. The highest BCUT2D eigenvalue weighted by molar-refractivity contribution is 7.10. The van der Waals surface area contributed by atoms with Crippen molar-refractivity contribution in [2.45, 2.75) is 63.4 Å². The Labute approximate surface area is 197 Å². The van der Waals surface area contributed by atoms with Crippen LogP contribution in [0.25, 0.3) is 0 Å². The molecule has 1 N–H and O–H groups in total. The fraction of sp³-hybridized carbons (Fsp3) is 0.385. The molecule has 0 saturated heterocycles. The number of rotatable bonds is 4. The summed E-state index contributed by atoms with van der Waals surface area (Å²) >= 11 is 8.01. The third kappa shape index (κ3) is 4.04. The second kappa shape index (κ2) is 8.87. The molecule has 32 heavy (non-hydrogen) atoms. The number of ketones is 1. The molecule has 1 fully saturated rings. The van der Waals surface area contributed by atoms with Crippen LogP contribution in [0.4, 0.5) is 0 Å². The van der Waals surface area contributed by atoms with Crippen LogP contribution in [0.1, 0.15) is 67.7 Å². The quantitative estimate of drug-likeness (QED) is 0.540. The maximum Gasteiger partial charge on any atom is 0.337 e. The zero-order chi connectivity index (χ0) is 22.2. The summed E-state index contributed by atoms with van der Waals surface area (Å²) in [6.45, 7) is 1.91. The first-order valence-electron chi connectivity index (χ1n) is 11.2. The molecule has 166 valence electrons. The van der Waals surface area contributed by atoms with Crippen LogP contribution < -0.4 is 5.32 Å². The molecule has 0 amide bonds. The zero-order valence-corrected chi connectivity index (χ0v) is 19.6. The van der Waals surface area contributed by atoms with Crippen LogP contribution in [0, 0.1) is 0 Å². The van der Waals surface area contributed by atoms with Crippen molar-refractivity contribution in [3.63, 3.8) is 0 Å². The van der Waals surface area contributed by atoms with Crippen LogP contribution in [0.2, 0.25) is 5.02 Å². The number of dihydropyridines is 1. The highest BCUT2D eigenvalue weighted by atomic mass is 35.5. The summed E-state index contributed by atoms with van der Waals surface area (Å²) in [6.07, 6.45) is 5.14. The molecule has 3 aliphatic rings. The van der Waals surface area contributed by atoms with Crippen LogP contribution in [0.5, 0.6) is 0 Å². The number of esters is 1. The van der Waals surface area contributed by atoms with Gasteiger partial charge in [-0.3, -0.25) is 4.79 Å². The van der Waals surface area contributed by atoms with E-state index in [4.69, 9.17) is 16.3 Å². The minimum atomic E-state index is -0.462. The molecule has 1 aromatic carbocycles. The first-order valence-corrected chi connectivity index (χ1v) is 12.5. The summed E-state index contributed by atoms with van der Waals surface area (Å²) < 4.78 is 5.90. The molecule has 2 aromatic rings. The van der Waals surface area contributed by atoms with Crippen LogP contribution in [-0.2, 0) is 14.3 Å². The topological polar surface area (TPSA) is 55.4 Å². The summed E-state index contributed by atoms with van der Waals surface area (Å²) in [5.74, 6) is -0.545. The fourth-order valence-corrected chi connectivity index (χ4v) is 6.30. The van der Waals surface area contributed by atoms with Gasteiger partial charge in [0.25, 0.3) is 0 Å². The van der Waals surface area contributed by atoms with Crippen molar-refractivity contribution in [2.75, 3.05) is 0 Å². The number of Topliss-reactive ketones (excluding diaryl/α,β-unsaturated/α-hetero) is 1. The molecular formula is C26H26ClNO3S. The Balaban J connectivity index is 1.55. The lowest BCUT2D eigenvalue weighted by Crippen LogP contribution is -2.36. The molecule has 0 bridgehead atoms. The third-order valence-electron chi connectivity index (χ3n) is 6.75. The van der Waals surface area contributed by atoms with E-state index in [1.165, 1.54) is 4.88 Å². The van der Waals surface area contributed by atoms with Gasteiger partial charge in [-0.05, 0) is 68.2 Å². The maximum atomic E-state index is 13.5. The SMILES string of the molecule is CC1=C(C(=O)OC2CCCC2)[C@H](c2cccc(Cl)c2)C2=C(C[C@@H](c3cccs3)CC2=O)N1. The van der Waals surface area contributed by atoms with Gasteiger partial charge in [0.15, 0.2) is 5.78 Å². The minimum absolute atomic E-state index is 0.0385. The van der Waals surface area contributed by atoms with E-state index in [9.17, 15) is 9.59 Å². The molecule has 4 nitrogen and oxygen atoms in total. The first kappa shape index (κ1) is 21.5. The van der Waals surface area contributed by atoms with Gasteiger partial charge in [-0.2, -0.15) is 0 Å². The number of benzene rings is 1. The zero-order valence-electron chi connectivity index (χ0n) is 18.0. The van der Waals surface area contributed by atoms with Gasteiger partial charge in [0.2, 0.25) is 0 Å². The van der Waals surface area contributed by atoms with Gasteiger partial charge in [0.1, 0.15) is 6.10 Å². The molecule has 0 radical (unpaired) electrons. The van der Waals surface area contributed by atoms with E-state index < -0.39 is 5.92 Å². The number of ether oxygens (including phenoxy) is 1. The van der Waals surface area contributed by atoms with Crippen molar-refractivity contribution in [2.24, 2.45) is 0 Å². The Morgan fingerprint density at radius 2 is 1.97 bits per heavy atom. The van der Waals surface area contributed by atoms with E-state index in [2.05, 4.69) is 16.8 Å². The van der Waals surface area contributed by atoms with Crippen molar-refractivity contribution < 1.29 is 14.3 Å². The smallest absolute Gasteiger partial charge is 0.337 e. The van der Waals surface area contributed by atoms with Crippen LogP contribution in [0.15, 0.2) is 64.3 Å². The molecule has 6 heteroatoms. The molecule has 1 aromatic heterocycles. The molecular weight excluding hydrogens is 442 g/mol. The fourth-order valence-electron chi connectivity index (χ4n) is 5.27. The van der Waals surface area contributed by atoms with Gasteiger partial charge in [-0.25, -0.2) is 4.79 Å². The van der Waals surface area contributed by atoms with Gasteiger partial charge in [-0.15, -0.1) is 11.3 Å². The highest BCUT2D eigenvalue weighted by Gasteiger charge is 2.42. The summed E-state index contributed by atoms with van der Waals surface area (Å²) in [6, 6.07) is 11.6. The number of halogens is 1. The predicted octanol–water partition coefficient (Wildman–Crippen LogP) is 6.25. The van der Waals surface area contributed by atoms with E-state index in [1.54, 1.807) is 11.3 Å². The van der Waals surface area contributed by atoms with Crippen LogP contribution >= 0.6 is 22.9 Å². The van der Waals surface area contributed by atoms with Crippen molar-refractivity contribution in [1.82, 2.24) is 5.32 Å². The number of thiophene rings is 1. The Bertz CT molecular complexity index is 1110. The maximum absolute atomic E-state index is 13.5. The van der Waals surface area contributed by atoms with Crippen molar-refractivity contribution in [3.05, 3.63) is 79.8 Å². The summed E-state index contributed by atoms with van der Waals surface area (Å²) in [4.78, 5) is 28.1. The Hall–Kier alpha value is -2.37. The monoisotopic (exact) mass is 467 g/mol. The van der Waals surface area contributed by atoms with Crippen molar-refractivity contribution in [1.29, 1.82) is 0 Å². The third-order valence-corrected chi connectivity index (χ3v) is 8.02. The molecule has 0 unspecified atom stereocenters. The van der Waals surface area contributed by atoms with E-state index in [1.807, 2.05) is 37.3 Å². The number of allylic oxidation sites excluding steroid dienone is 3. The second-order valence-corrected chi connectivity index (χ2v) is 10.3. The van der Waals surface area contributed by atoms with E-state index in [0.29, 0.717) is 22.6 Å². The molecule has 1 aliphatic heterocycles. The van der Waals surface area contributed by atoms with Crippen LogP contribution in [0.3, 0.4) is 0 Å². The Morgan fingerprint density at radius 1 is 1.16 bits per heavy atom. The van der Waals surface area contributed by atoms with Gasteiger partial charge < -0.3 is 10.1 Å². The Morgan fingerprint density at radius 3 is 2.69 bits per heavy atom. The van der Waals surface area contributed by atoms with Gasteiger partial charge in [-0.1, -0.05) is 29.8 Å². The molecule has 5 rings (SSSR count). The molecule has 2 atom stereocenters. The largest absolute Gasteiger partial charge is 0.459 e. The van der Waals surface area contributed by atoms with E-state index in [-0.39, 0.29) is 23.8 Å². The summed E-state index contributed by atoms with van der Waals surface area (Å²) in [7, 11) is 0. The second-order valence-electron chi connectivity index (χ2n) is 8.90. The van der Waals surface area contributed by atoms with E-state index >= 15 is 0 Å². The summed E-state index contributed by atoms with van der Waals surface area (Å²) in [5, 5.41) is 6.06. The molecule has 0 spiro atoms. The highest BCUT2D eigenvalue weighted by Crippen LogP contribution is 2.46. The number of carbonyl (C=O) groups is 2. The van der Waals surface area contributed by atoms with E-state index in [0.717, 1.165) is 49.1 Å². The lowest BCUT2D eigenvalue weighted by Gasteiger charge is -2.36. The normalized spacial score (nSPS) is 23.9. The van der Waals surface area contributed by atoms with Gasteiger partial charge in [0.05, 0.1) is 5.57 Å². The van der Waals surface area contributed by atoms with Gasteiger partial charge >= 0.3 is 5.97 Å². The average Bonchev–Trinajstić information content (AvgIpc) is 3.47. The first-order chi connectivity index (χ1) is 15.5. The standard InChI is InChI=1S/C26H26ClNO3S/c1-15-23(26(30)31-19-8-2-3-9-19)24(16-6-4-7-18(27)12-16)25-20(28-15)13-17(14-21(25)29)22-10-5-11-32-22/h4-7,10-12,17,19,24,28H,2-3,8-9,13-14H2,1H3/t17-,24+/m1/s1. The average molecular weight is 468 g/mol. The minimum Gasteiger partial charge on any atom is -0.459 e. The molecule has 1 saturated carbocycles. The predicted molar refractivity (Wildman–Crippen MR) is 127 cm³/mol. The van der Waals surface area contributed by atoms with Crippen LogP contribution in [-0.4, -0.2) is 17.9 Å². The number of hydrogen-bond acceptors (Lipinski definition) is 5.